The molecule has 1 heterocycles. The average Bonchev–Trinajstić information content (AvgIpc) is 2.81. The van der Waals surface area contributed by atoms with E-state index in [0.717, 1.165) is 11.8 Å². The highest BCUT2D eigenvalue weighted by Gasteiger charge is 2.37. The number of carbonyl (C=O) groups excluding carboxylic acids is 1. The molecule has 0 amide bonds. The number of benzene rings is 1. The quantitative estimate of drug-likeness (QED) is 0.539. The van der Waals surface area contributed by atoms with Crippen LogP contribution in [0.3, 0.4) is 0 Å². The number of hydrogen-bond donors (Lipinski definition) is 0. The van der Waals surface area contributed by atoms with Gasteiger partial charge in [0, 0.05) is 0 Å². The van der Waals surface area contributed by atoms with Crippen molar-refractivity contribution in [2.75, 3.05) is 0 Å². The molecular formula is C18H25ClN2O2Si. The van der Waals surface area contributed by atoms with Crippen LogP contribution in [0.5, 0.6) is 0 Å². The predicted octanol–water partition coefficient (Wildman–Crippen LogP) is 4.92. The Kier molecular flexibility index (Phi) is 5.68. The molecule has 0 saturated heterocycles. The number of carbonyl (C=O) groups is 1. The number of rotatable bonds is 6. The molecule has 0 unspecified atom stereocenters. The first kappa shape index (κ1) is 18.9. The molecule has 2 aromatic rings. The zero-order valence-electron chi connectivity index (χ0n) is 15.0. The highest BCUT2D eigenvalue weighted by Crippen LogP contribution is 2.37. The van der Waals surface area contributed by atoms with E-state index < -0.39 is 8.32 Å². The molecule has 0 aliphatic rings. The molecule has 6 heteroatoms. The topological polar surface area (TPSA) is 44.1 Å². The SMILES string of the molecule is CC(C)(C)[Si](C)(C)OCc1nc(Cl)n(Cc2ccccc2)c1C=O. The van der Waals surface area contributed by atoms with Crippen molar-refractivity contribution in [3.63, 3.8) is 0 Å². The first-order valence-electron chi connectivity index (χ1n) is 8.03. The van der Waals surface area contributed by atoms with Gasteiger partial charge in [-0.3, -0.25) is 4.79 Å². The van der Waals surface area contributed by atoms with E-state index in [-0.39, 0.29) is 5.04 Å². The number of aromatic nitrogens is 2. The first-order chi connectivity index (χ1) is 11.2. The zero-order valence-corrected chi connectivity index (χ0v) is 16.7. The third-order valence-electron chi connectivity index (χ3n) is 4.71. The summed E-state index contributed by atoms with van der Waals surface area (Å²) in [6, 6.07) is 9.87. The van der Waals surface area contributed by atoms with Crippen molar-refractivity contribution in [3.05, 3.63) is 52.6 Å². The van der Waals surface area contributed by atoms with Crippen molar-refractivity contribution in [1.29, 1.82) is 0 Å². The maximum absolute atomic E-state index is 11.6. The Morgan fingerprint density at radius 3 is 2.42 bits per heavy atom. The van der Waals surface area contributed by atoms with Gasteiger partial charge in [0.15, 0.2) is 14.6 Å². The summed E-state index contributed by atoms with van der Waals surface area (Å²) >= 11 is 6.27. The number of aldehydes is 1. The average molecular weight is 365 g/mol. The van der Waals surface area contributed by atoms with Crippen molar-refractivity contribution < 1.29 is 9.22 Å². The predicted molar refractivity (Wildman–Crippen MR) is 100 cm³/mol. The Bertz CT molecular complexity index is 706. The van der Waals surface area contributed by atoms with Gasteiger partial charge in [-0.2, -0.15) is 0 Å². The zero-order chi connectivity index (χ0) is 18.0. The van der Waals surface area contributed by atoms with E-state index in [1.165, 1.54) is 0 Å². The summed E-state index contributed by atoms with van der Waals surface area (Å²) in [5, 5.41) is 0.417. The minimum absolute atomic E-state index is 0.102. The summed E-state index contributed by atoms with van der Waals surface area (Å²) in [5.74, 6) is 0. The maximum Gasteiger partial charge on any atom is 0.203 e. The fraction of sp³-hybridized carbons (Fsp3) is 0.444. The summed E-state index contributed by atoms with van der Waals surface area (Å²) in [4.78, 5) is 16.0. The van der Waals surface area contributed by atoms with Gasteiger partial charge in [0.25, 0.3) is 0 Å². The molecule has 0 spiro atoms. The van der Waals surface area contributed by atoms with E-state index in [1.54, 1.807) is 4.57 Å². The molecule has 1 aromatic carbocycles. The standard InChI is InChI=1S/C18H25ClN2O2Si/c1-18(2,3)24(4,5)23-13-15-16(12-22)21(17(19)20-15)11-14-9-7-6-8-10-14/h6-10,12H,11,13H2,1-5H3. The van der Waals surface area contributed by atoms with E-state index >= 15 is 0 Å². The van der Waals surface area contributed by atoms with Crippen LogP contribution in [-0.4, -0.2) is 24.2 Å². The number of hydrogen-bond acceptors (Lipinski definition) is 3. The molecule has 0 aliphatic carbocycles. The van der Waals surface area contributed by atoms with Crippen molar-refractivity contribution in [3.8, 4) is 0 Å². The van der Waals surface area contributed by atoms with Gasteiger partial charge in [-0.05, 0) is 35.3 Å². The van der Waals surface area contributed by atoms with Crippen LogP contribution in [0.25, 0.3) is 0 Å². The lowest BCUT2D eigenvalue weighted by Gasteiger charge is -2.35. The highest BCUT2D eigenvalue weighted by molar-refractivity contribution is 6.74. The Morgan fingerprint density at radius 1 is 1.25 bits per heavy atom. The second-order valence-electron chi connectivity index (χ2n) is 7.45. The van der Waals surface area contributed by atoms with Crippen LogP contribution < -0.4 is 0 Å². The second kappa shape index (κ2) is 7.21. The molecule has 24 heavy (non-hydrogen) atoms. The van der Waals surface area contributed by atoms with Crippen LogP contribution in [0.1, 0.15) is 42.5 Å². The molecule has 130 valence electrons. The lowest BCUT2D eigenvalue weighted by atomic mass is 10.2. The Labute approximate surface area is 149 Å². The molecule has 4 nitrogen and oxygen atoms in total. The van der Waals surface area contributed by atoms with E-state index in [4.69, 9.17) is 16.0 Å². The van der Waals surface area contributed by atoms with E-state index in [0.29, 0.717) is 29.8 Å². The van der Waals surface area contributed by atoms with Crippen LogP contribution >= 0.6 is 11.6 Å². The summed E-state index contributed by atoms with van der Waals surface area (Å²) in [6.45, 7) is 11.7. The largest absolute Gasteiger partial charge is 0.411 e. The van der Waals surface area contributed by atoms with Crippen molar-refractivity contribution >= 4 is 26.2 Å². The Hall–Kier alpha value is -1.43. The molecule has 0 fully saturated rings. The highest BCUT2D eigenvalue weighted by atomic mass is 35.5. The van der Waals surface area contributed by atoms with Gasteiger partial charge in [0.1, 0.15) is 5.69 Å². The van der Waals surface area contributed by atoms with Gasteiger partial charge >= 0.3 is 0 Å². The molecule has 0 radical (unpaired) electrons. The molecule has 0 atom stereocenters. The van der Waals surface area contributed by atoms with Crippen LogP contribution in [-0.2, 0) is 17.6 Å². The third kappa shape index (κ3) is 4.15. The molecule has 0 N–H and O–H groups in total. The van der Waals surface area contributed by atoms with Gasteiger partial charge in [-0.15, -0.1) is 0 Å². The van der Waals surface area contributed by atoms with Crippen molar-refractivity contribution in [2.24, 2.45) is 0 Å². The molecule has 0 bridgehead atoms. The fourth-order valence-electron chi connectivity index (χ4n) is 2.10. The van der Waals surface area contributed by atoms with E-state index in [1.807, 2.05) is 30.3 Å². The molecule has 2 rings (SSSR count). The molecule has 1 aromatic heterocycles. The third-order valence-corrected chi connectivity index (χ3v) is 9.47. The summed E-state index contributed by atoms with van der Waals surface area (Å²) in [7, 11) is -1.91. The van der Waals surface area contributed by atoms with Crippen LogP contribution in [0.2, 0.25) is 23.4 Å². The van der Waals surface area contributed by atoms with Gasteiger partial charge < -0.3 is 8.99 Å². The summed E-state index contributed by atoms with van der Waals surface area (Å²) in [5.41, 5.74) is 2.16. The second-order valence-corrected chi connectivity index (χ2v) is 12.6. The van der Waals surface area contributed by atoms with Crippen molar-refractivity contribution in [2.45, 2.75) is 52.1 Å². The van der Waals surface area contributed by atoms with E-state index in [9.17, 15) is 4.79 Å². The van der Waals surface area contributed by atoms with E-state index in [2.05, 4.69) is 38.8 Å². The van der Waals surface area contributed by atoms with Crippen LogP contribution in [0.15, 0.2) is 30.3 Å². The number of imidazole rings is 1. The van der Waals surface area contributed by atoms with Gasteiger partial charge in [-0.25, -0.2) is 4.98 Å². The monoisotopic (exact) mass is 364 g/mol. The summed E-state index contributed by atoms with van der Waals surface area (Å²) < 4.78 is 7.92. The minimum Gasteiger partial charge on any atom is -0.411 e. The number of halogens is 1. The lowest BCUT2D eigenvalue weighted by molar-refractivity contribution is 0.111. The molecule has 0 saturated carbocycles. The Balaban J connectivity index is 2.23. The maximum atomic E-state index is 11.6. The van der Waals surface area contributed by atoms with Gasteiger partial charge in [0.2, 0.25) is 5.28 Å². The van der Waals surface area contributed by atoms with Gasteiger partial charge in [-0.1, -0.05) is 51.1 Å². The molecule has 0 aliphatic heterocycles. The van der Waals surface area contributed by atoms with Crippen LogP contribution in [0, 0.1) is 0 Å². The summed E-state index contributed by atoms with van der Waals surface area (Å²) in [6.07, 6.45) is 0.812. The lowest BCUT2D eigenvalue weighted by Crippen LogP contribution is -2.40. The Morgan fingerprint density at radius 2 is 1.88 bits per heavy atom. The van der Waals surface area contributed by atoms with Crippen molar-refractivity contribution in [1.82, 2.24) is 9.55 Å². The fourth-order valence-corrected chi connectivity index (χ4v) is 3.29. The normalized spacial score (nSPS) is 12.4. The first-order valence-corrected chi connectivity index (χ1v) is 11.3. The van der Waals surface area contributed by atoms with Gasteiger partial charge in [0.05, 0.1) is 18.8 Å². The smallest absolute Gasteiger partial charge is 0.203 e. The van der Waals surface area contributed by atoms with Crippen LogP contribution in [0.4, 0.5) is 0 Å². The number of nitrogens with zero attached hydrogens (tertiary/aromatic N) is 2. The molecular weight excluding hydrogens is 340 g/mol. The minimum atomic E-state index is -1.91.